The van der Waals surface area contributed by atoms with Crippen LogP contribution in [0.2, 0.25) is 0 Å². The first-order valence-corrected chi connectivity index (χ1v) is 4.66. The summed E-state index contributed by atoms with van der Waals surface area (Å²) in [6.45, 7) is 0. The zero-order valence-corrected chi connectivity index (χ0v) is 8.29. The van der Waals surface area contributed by atoms with E-state index in [1.165, 1.54) is 24.5 Å². The molecule has 1 aromatic heterocycles. The number of para-hydroxylation sites is 1. The van der Waals surface area contributed by atoms with Crippen LogP contribution in [0.15, 0.2) is 42.7 Å². The summed E-state index contributed by atoms with van der Waals surface area (Å²) >= 11 is 0. The molecule has 0 amide bonds. The Morgan fingerprint density at radius 2 is 1.88 bits per heavy atom. The SMILES string of the molecule is O=C(O)c1ccncc1-c1ccccc1O. The van der Waals surface area contributed by atoms with Crippen LogP contribution in [0, 0.1) is 0 Å². The lowest BCUT2D eigenvalue weighted by Crippen LogP contribution is -1.99. The average molecular weight is 215 g/mol. The first kappa shape index (κ1) is 10.2. The van der Waals surface area contributed by atoms with Gasteiger partial charge in [-0.2, -0.15) is 0 Å². The second-order valence-electron chi connectivity index (χ2n) is 3.24. The number of aromatic hydroxyl groups is 1. The molecule has 0 aliphatic carbocycles. The van der Waals surface area contributed by atoms with Gasteiger partial charge in [0.2, 0.25) is 0 Å². The topological polar surface area (TPSA) is 70.4 Å². The van der Waals surface area contributed by atoms with Crippen LogP contribution in [0.5, 0.6) is 5.75 Å². The maximum Gasteiger partial charge on any atom is 0.336 e. The van der Waals surface area contributed by atoms with Crippen LogP contribution < -0.4 is 0 Å². The molecule has 0 spiro atoms. The third-order valence-electron chi connectivity index (χ3n) is 2.25. The largest absolute Gasteiger partial charge is 0.507 e. The van der Waals surface area contributed by atoms with Crippen molar-refractivity contribution < 1.29 is 15.0 Å². The number of hydrogen-bond donors (Lipinski definition) is 2. The predicted molar refractivity (Wildman–Crippen MR) is 58.3 cm³/mol. The summed E-state index contributed by atoms with van der Waals surface area (Å²) in [5.41, 5.74) is 0.998. The Hall–Kier alpha value is -2.36. The van der Waals surface area contributed by atoms with Gasteiger partial charge in [-0.1, -0.05) is 18.2 Å². The zero-order valence-electron chi connectivity index (χ0n) is 8.29. The molecule has 1 aromatic carbocycles. The molecule has 0 fully saturated rings. The van der Waals surface area contributed by atoms with Crippen molar-refractivity contribution in [1.29, 1.82) is 0 Å². The van der Waals surface area contributed by atoms with Gasteiger partial charge in [-0.05, 0) is 12.1 Å². The molecule has 16 heavy (non-hydrogen) atoms. The number of aromatic carboxylic acids is 1. The average Bonchev–Trinajstić information content (AvgIpc) is 2.29. The van der Waals surface area contributed by atoms with Gasteiger partial charge in [0, 0.05) is 23.5 Å². The van der Waals surface area contributed by atoms with Crippen LogP contribution in [0.4, 0.5) is 0 Å². The van der Waals surface area contributed by atoms with E-state index >= 15 is 0 Å². The van der Waals surface area contributed by atoms with Gasteiger partial charge in [0.25, 0.3) is 0 Å². The summed E-state index contributed by atoms with van der Waals surface area (Å²) in [7, 11) is 0. The molecule has 2 N–H and O–H groups in total. The molecule has 0 saturated carbocycles. The fourth-order valence-corrected chi connectivity index (χ4v) is 1.50. The second kappa shape index (κ2) is 4.02. The fourth-order valence-electron chi connectivity index (χ4n) is 1.50. The Morgan fingerprint density at radius 3 is 2.56 bits per heavy atom. The molecule has 1 heterocycles. The van der Waals surface area contributed by atoms with Crippen LogP contribution in [0.25, 0.3) is 11.1 Å². The van der Waals surface area contributed by atoms with Crippen molar-refractivity contribution in [3.63, 3.8) is 0 Å². The molecule has 4 nitrogen and oxygen atoms in total. The van der Waals surface area contributed by atoms with E-state index in [0.717, 1.165) is 0 Å². The fraction of sp³-hybridized carbons (Fsp3) is 0. The maximum atomic E-state index is 11.0. The van der Waals surface area contributed by atoms with E-state index in [2.05, 4.69) is 4.98 Å². The van der Waals surface area contributed by atoms with Gasteiger partial charge >= 0.3 is 5.97 Å². The van der Waals surface area contributed by atoms with E-state index in [1.807, 2.05) is 0 Å². The number of phenols is 1. The van der Waals surface area contributed by atoms with Crippen molar-refractivity contribution >= 4 is 5.97 Å². The van der Waals surface area contributed by atoms with Gasteiger partial charge < -0.3 is 10.2 Å². The van der Waals surface area contributed by atoms with E-state index in [0.29, 0.717) is 11.1 Å². The zero-order chi connectivity index (χ0) is 11.5. The minimum absolute atomic E-state index is 0.0398. The van der Waals surface area contributed by atoms with Gasteiger partial charge in [0.15, 0.2) is 0 Å². The summed E-state index contributed by atoms with van der Waals surface area (Å²) in [5.74, 6) is -1.00. The molecule has 0 saturated heterocycles. The second-order valence-corrected chi connectivity index (χ2v) is 3.24. The molecule has 2 rings (SSSR count). The lowest BCUT2D eigenvalue weighted by Gasteiger charge is -2.06. The van der Waals surface area contributed by atoms with Crippen LogP contribution in [0.1, 0.15) is 10.4 Å². The highest BCUT2D eigenvalue weighted by molar-refractivity contribution is 5.96. The van der Waals surface area contributed by atoms with Gasteiger partial charge in [-0.25, -0.2) is 4.79 Å². The summed E-state index contributed by atoms with van der Waals surface area (Å²) in [6.07, 6.45) is 2.84. The molecule has 0 radical (unpaired) electrons. The van der Waals surface area contributed by atoms with Crippen LogP contribution in [0.3, 0.4) is 0 Å². The molecule has 0 atom stereocenters. The number of pyridine rings is 1. The Labute approximate surface area is 91.8 Å². The van der Waals surface area contributed by atoms with Crippen LogP contribution in [-0.2, 0) is 0 Å². The first-order valence-electron chi connectivity index (χ1n) is 4.66. The van der Waals surface area contributed by atoms with Crippen molar-refractivity contribution in [3.8, 4) is 16.9 Å². The summed E-state index contributed by atoms with van der Waals surface area (Å²) in [6, 6.07) is 7.97. The minimum atomic E-state index is -1.04. The molecule has 0 bridgehead atoms. The normalized spacial score (nSPS) is 10.0. The Bertz CT molecular complexity index is 537. The number of carboxylic acids is 1. The Balaban J connectivity index is 2.65. The Morgan fingerprint density at radius 1 is 1.12 bits per heavy atom. The van der Waals surface area contributed by atoms with Gasteiger partial charge in [0.05, 0.1) is 5.56 Å². The maximum absolute atomic E-state index is 11.0. The molecular formula is C12H9NO3. The number of aromatic nitrogens is 1. The van der Waals surface area contributed by atoms with Gasteiger partial charge in [0.1, 0.15) is 5.75 Å². The third-order valence-corrected chi connectivity index (χ3v) is 2.25. The number of nitrogens with zero attached hydrogens (tertiary/aromatic N) is 1. The van der Waals surface area contributed by atoms with Crippen molar-refractivity contribution in [2.24, 2.45) is 0 Å². The van der Waals surface area contributed by atoms with Gasteiger partial charge in [-0.15, -0.1) is 0 Å². The first-order chi connectivity index (χ1) is 7.70. The lowest BCUT2D eigenvalue weighted by molar-refractivity contribution is 0.0697. The van der Waals surface area contributed by atoms with E-state index in [4.69, 9.17) is 5.11 Å². The quantitative estimate of drug-likeness (QED) is 0.805. The van der Waals surface area contributed by atoms with Crippen molar-refractivity contribution in [3.05, 3.63) is 48.3 Å². The van der Waals surface area contributed by atoms with Crippen molar-refractivity contribution in [1.82, 2.24) is 4.98 Å². The van der Waals surface area contributed by atoms with Crippen LogP contribution in [-0.4, -0.2) is 21.2 Å². The molecule has 80 valence electrons. The number of carbonyl (C=O) groups is 1. The lowest BCUT2D eigenvalue weighted by atomic mass is 10.0. The monoisotopic (exact) mass is 215 g/mol. The van der Waals surface area contributed by atoms with E-state index < -0.39 is 5.97 Å². The molecule has 0 aliphatic heterocycles. The van der Waals surface area contributed by atoms with Crippen LogP contribution >= 0.6 is 0 Å². The number of hydrogen-bond acceptors (Lipinski definition) is 3. The van der Waals surface area contributed by atoms with Gasteiger partial charge in [-0.3, -0.25) is 4.98 Å². The molecule has 0 unspecified atom stereocenters. The highest BCUT2D eigenvalue weighted by Gasteiger charge is 2.13. The predicted octanol–water partition coefficient (Wildman–Crippen LogP) is 2.15. The molecule has 4 heteroatoms. The van der Waals surface area contributed by atoms with Crippen molar-refractivity contribution in [2.75, 3.05) is 0 Å². The third kappa shape index (κ3) is 1.72. The minimum Gasteiger partial charge on any atom is -0.507 e. The molecule has 2 aromatic rings. The number of carboxylic acid groups (broad SMARTS) is 1. The van der Waals surface area contributed by atoms with E-state index in [1.54, 1.807) is 18.2 Å². The highest BCUT2D eigenvalue weighted by atomic mass is 16.4. The number of benzene rings is 1. The summed E-state index contributed by atoms with van der Waals surface area (Å²) in [4.78, 5) is 14.9. The smallest absolute Gasteiger partial charge is 0.336 e. The highest BCUT2D eigenvalue weighted by Crippen LogP contribution is 2.30. The standard InChI is InChI=1S/C12H9NO3/c14-11-4-2-1-3-8(11)10-7-13-6-5-9(10)12(15)16/h1-7,14H,(H,15,16). The molecular weight excluding hydrogens is 206 g/mol. The molecule has 0 aliphatic rings. The number of phenolic OH excluding ortho intramolecular Hbond substituents is 1. The summed E-state index contributed by atoms with van der Waals surface area (Å²) in [5, 5.41) is 18.7. The number of rotatable bonds is 2. The van der Waals surface area contributed by atoms with Crippen molar-refractivity contribution in [2.45, 2.75) is 0 Å². The summed E-state index contributed by atoms with van der Waals surface area (Å²) < 4.78 is 0. The Kier molecular flexibility index (Phi) is 2.55. The van der Waals surface area contributed by atoms with E-state index in [9.17, 15) is 9.90 Å². The van der Waals surface area contributed by atoms with E-state index in [-0.39, 0.29) is 11.3 Å².